The third-order valence-electron chi connectivity index (χ3n) is 4.93. The lowest BCUT2D eigenvalue weighted by atomic mass is 10.0. The van der Waals surface area contributed by atoms with Gasteiger partial charge in [0.25, 0.3) is 5.91 Å². The summed E-state index contributed by atoms with van der Waals surface area (Å²) in [5, 5.41) is 5.93. The van der Waals surface area contributed by atoms with Gasteiger partial charge in [-0.2, -0.15) is 0 Å². The third-order valence-corrected chi connectivity index (χ3v) is 4.93. The summed E-state index contributed by atoms with van der Waals surface area (Å²) in [6.07, 6.45) is 8.67. The quantitative estimate of drug-likeness (QED) is 0.555. The molecule has 0 radical (unpaired) electrons. The van der Waals surface area contributed by atoms with Crippen LogP contribution in [0.5, 0.6) is 0 Å². The fourth-order valence-corrected chi connectivity index (χ4v) is 3.02. The van der Waals surface area contributed by atoms with E-state index in [0.717, 1.165) is 5.69 Å². The largest absolute Gasteiger partial charge is 0.374 e. The van der Waals surface area contributed by atoms with Gasteiger partial charge in [-0.1, -0.05) is 13.8 Å². The second-order valence-electron chi connectivity index (χ2n) is 7.44. The van der Waals surface area contributed by atoms with E-state index in [0.29, 0.717) is 31.0 Å². The molecule has 0 fully saturated rings. The van der Waals surface area contributed by atoms with Crippen LogP contribution in [0.2, 0.25) is 0 Å². The number of fused-ring (bicyclic) bond motifs is 1. The lowest BCUT2D eigenvalue weighted by Gasteiger charge is -2.24. The average Bonchev–Trinajstić information content (AvgIpc) is 3.19. The Kier molecular flexibility index (Phi) is 6.95. The highest BCUT2D eigenvalue weighted by molar-refractivity contribution is 5.93. The molecule has 2 N–H and O–H groups in total. The number of pyridine rings is 1. The number of imidazole rings is 1. The molecule has 0 aliphatic heterocycles. The first-order valence-corrected chi connectivity index (χ1v) is 9.92. The number of nitrogens with zero attached hydrogens (tertiary/aromatic N) is 5. The van der Waals surface area contributed by atoms with Crippen LogP contribution in [0.4, 0.5) is 5.69 Å². The van der Waals surface area contributed by atoms with Gasteiger partial charge in [0.05, 0.1) is 6.20 Å². The van der Waals surface area contributed by atoms with Gasteiger partial charge in [0.1, 0.15) is 5.69 Å². The zero-order valence-corrected chi connectivity index (χ0v) is 17.4. The molecule has 30 heavy (non-hydrogen) atoms. The van der Waals surface area contributed by atoms with Crippen molar-refractivity contribution in [2.24, 2.45) is 5.92 Å². The van der Waals surface area contributed by atoms with Gasteiger partial charge in [-0.25, -0.2) is 9.97 Å². The van der Waals surface area contributed by atoms with Gasteiger partial charge in [-0.05, 0) is 24.1 Å². The van der Waals surface area contributed by atoms with Gasteiger partial charge in [-0.3, -0.25) is 19.0 Å². The van der Waals surface area contributed by atoms with Gasteiger partial charge in [0, 0.05) is 63.1 Å². The van der Waals surface area contributed by atoms with Crippen molar-refractivity contribution in [1.29, 1.82) is 0 Å². The number of hydrogen-bond acceptors (Lipinski definition) is 6. The molecule has 3 rings (SSSR count). The normalized spacial score (nSPS) is 12.0. The summed E-state index contributed by atoms with van der Waals surface area (Å²) in [4.78, 5) is 39.3. The van der Waals surface area contributed by atoms with Crippen LogP contribution in [0.15, 0.2) is 49.2 Å². The second-order valence-corrected chi connectivity index (χ2v) is 7.44. The number of amides is 2. The number of rotatable bonds is 9. The van der Waals surface area contributed by atoms with Gasteiger partial charge in [0.15, 0.2) is 0 Å². The molecule has 0 saturated carbocycles. The van der Waals surface area contributed by atoms with Gasteiger partial charge >= 0.3 is 0 Å². The topological polar surface area (TPSA) is 105 Å². The molecule has 0 saturated heterocycles. The molecule has 3 heterocycles. The molecule has 3 aromatic heterocycles. The molecule has 0 aliphatic carbocycles. The highest BCUT2D eigenvalue weighted by Gasteiger charge is 2.19. The van der Waals surface area contributed by atoms with Crippen LogP contribution in [0.3, 0.4) is 0 Å². The molecule has 158 valence electrons. The summed E-state index contributed by atoms with van der Waals surface area (Å²) >= 11 is 0. The minimum Gasteiger partial charge on any atom is -0.374 e. The van der Waals surface area contributed by atoms with Crippen molar-refractivity contribution in [2.45, 2.75) is 26.3 Å². The maximum Gasteiger partial charge on any atom is 0.270 e. The summed E-state index contributed by atoms with van der Waals surface area (Å²) in [5.41, 5.74) is 1.42. The molecule has 0 aromatic carbocycles. The summed E-state index contributed by atoms with van der Waals surface area (Å²) in [6, 6.07) is 5.37. The molecule has 9 heteroatoms. The predicted molar refractivity (Wildman–Crippen MR) is 114 cm³/mol. The van der Waals surface area contributed by atoms with E-state index in [1.165, 1.54) is 6.20 Å². The van der Waals surface area contributed by atoms with Gasteiger partial charge in [0.2, 0.25) is 11.7 Å². The van der Waals surface area contributed by atoms with E-state index < -0.39 is 0 Å². The Morgan fingerprint density at radius 3 is 2.67 bits per heavy atom. The van der Waals surface area contributed by atoms with Crippen LogP contribution >= 0.6 is 0 Å². The molecule has 1 unspecified atom stereocenters. The standard InChI is InChI=1S/C21H27N7O2/c1-15(2)17(26-19(29)7-12-27(3)16-5-9-22-10-6-16)13-24-20(30)18-14-25-21-23-8-4-11-28(18)21/h4-6,8-11,14-15,17H,7,12-13H2,1-3H3,(H,24,30)(H,26,29). The molecule has 9 nitrogen and oxygen atoms in total. The predicted octanol–water partition coefficient (Wildman–Crippen LogP) is 1.52. The van der Waals surface area contributed by atoms with Crippen LogP contribution in [0.25, 0.3) is 5.78 Å². The lowest BCUT2D eigenvalue weighted by molar-refractivity contribution is -0.121. The summed E-state index contributed by atoms with van der Waals surface area (Å²) in [5.74, 6) is 0.321. The van der Waals surface area contributed by atoms with Gasteiger partial charge in [-0.15, -0.1) is 0 Å². The highest BCUT2D eigenvalue weighted by Crippen LogP contribution is 2.10. The SMILES string of the molecule is CC(C)C(CNC(=O)c1cnc2ncccn12)NC(=O)CCN(C)c1ccncc1. The summed E-state index contributed by atoms with van der Waals surface area (Å²) < 4.78 is 1.63. The van der Waals surface area contributed by atoms with E-state index in [9.17, 15) is 9.59 Å². The number of aromatic nitrogens is 4. The molecule has 1 atom stereocenters. The van der Waals surface area contributed by atoms with Crippen molar-refractivity contribution in [3.63, 3.8) is 0 Å². The van der Waals surface area contributed by atoms with Crippen molar-refractivity contribution in [3.05, 3.63) is 54.9 Å². The molecule has 0 bridgehead atoms. The Labute approximate surface area is 175 Å². The molecule has 2 amide bonds. The van der Waals surface area contributed by atoms with Crippen LogP contribution in [0.1, 0.15) is 30.8 Å². The van der Waals surface area contributed by atoms with E-state index in [-0.39, 0.29) is 23.8 Å². The Morgan fingerprint density at radius 2 is 1.93 bits per heavy atom. The van der Waals surface area contributed by atoms with Crippen LogP contribution in [-0.4, -0.2) is 57.3 Å². The van der Waals surface area contributed by atoms with Gasteiger partial charge < -0.3 is 15.5 Å². The summed E-state index contributed by atoms with van der Waals surface area (Å²) in [7, 11) is 1.94. The van der Waals surface area contributed by atoms with Crippen LogP contribution in [-0.2, 0) is 4.79 Å². The van der Waals surface area contributed by atoms with E-state index in [1.807, 2.05) is 37.9 Å². The second kappa shape index (κ2) is 9.82. The molecular weight excluding hydrogens is 382 g/mol. The first-order chi connectivity index (χ1) is 14.5. The number of anilines is 1. The Bertz CT molecular complexity index is 987. The van der Waals surface area contributed by atoms with E-state index in [2.05, 4.69) is 25.6 Å². The maximum atomic E-state index is 12.6. The smallest absolute Gasteiger partial charge is 0.270 e. The van der Waals surface area contributed by atoms with E-state index in [1.54, 1.807) is 35.3 Å². The van der Waals surface area contributed by atoms with Crippen molar-refractivity contribution < 1.29 is 9.59 Å². The molecule has 0 aliphatic rings. The fraction of sp³-hybridized carbons (Fsp3) is 0.381. The van der Waals surface area contributed by atoms with Crippen molar-refractivity contribution in [3.8, 4) is 0 Å². The number of nitrogens with one attached hydrogen (secondary N) is 2. The molecule has 0 spiro atoms. The highest BCUT2D eigenvalue weighted by atomic mass is 16.2. The van der Waals surface area contributed by atoms with E-state index >= 15 is 0 Å². The molecule has 3 aromatic rings. The minimum atomic E-state index is -0.257. The van der Waals surface area contributed by atoms with Crippen molar-refractivity contribution >= 4 is 23.3 Å². The van der Waals surface area contributed by atoms with Crippen molar-refractivity contribution in [1.82, 2.24) is 30.0 Å². The zero-order chi connectivity index (χ0) is 21.5. The third kappa shape index (κ3) is 5.31. The van der Waals surface area contributed by atoms with Crippen LogP contribution in [0, 0.1) is 5.92 Å². The first-order valence-electron chi connectivity index (χ1n) is 9.92. The van der Waals surface area contributed by atoms with Crippen molar-refractivity contribution in [2.75, 3.05) is 25.0 Å². The fourth-order valence-electron chi connectivity index (χ4n) is 3.02. The average molecular weight is 409 g/mol. The minimum absolute atomic E-state index is 0.0529. The Hall–Kier alpha value is -3.49. The number of hydrogen-bond donors (Lipinski definition) is 2. The first kappa shape index (κ1) is 21.2. The monoisotopic (exact) mass is 409 g/mol. The number of carbonyl (C=O) groups excluding carboxylic acids is 2. The number of carbonyl (C=O) groups is 2. The Morgan fingerprint density at radius 1 is 1.17 bits per heavy atom. The summed E-state index contributed by atoms with van der Waals surface area (Å²) in [6.45, 7) is 4.94. The lowest BCUT2D eigenvalue weighted by Crippen LogP contribution is -2.47. The zero-order valence-electron chi connectivity index (χ0n) is 17.4. The Balaban J connectivity index is 1.51. The van der Waals surface area contributed by atoms with E-state index in [4.69, 9.17) is 0 Å². The molecular formula is C21H27N7O2. The van der Waals surface area contributed by atoms with Crippen LogP contribution < -0.4 is 15.5 Å². The maximum absolute atomic E-state index is 12.6.